The Balaban J connectivity index is 1.96. The van der Waals surface area contributed by atoms with Gasteiger partial charge in [-0.15, -0.1) is 0 Å². The third kappa shape index (κ3) is 2.16. The second-order valence-corrected chi connectivity index (χ2v) is 6.31. The van der Waals surface area contributed by atoms with E-state index in [1.165, 1.54) is 0 Å². The minimum Gasteiger partial charge on any atom is -0.340 e. The smallest absolute Gasteiger partial charge is 0.253 e. The second-order valence-electron chi connectivity index (χ2n) is 5.40. The van der Waals surface area contributed by atoms with Gasteiger partial charge >= 0.3 is 0 Å². The Labute approximate surface area is 120 Å². The van der Waals surface area contributed by atoms with Crippen LogP contribution >= 0.6 is 15.9 Å². The van der Waals surface area contributed by atoms with E-state index in [-0.39, 0.29) is 24.3 Å². The normalized spacial score (nSPS) is 27.4. The van der Waals surface area contributed by atoms with E-state index >= 15 is 0 Å². The summed E-state index contributed by atoms with van der Waals surface area (Å²) < 4.78 is 0.900. The van der Waals surface area contributed by atoms with Crippen molar-refractivity contribution in [2.75, 3.05) is 11.4 Å². The lowest BCUT2D eigenvalue weighted by Crippen LogP contribution is -2.66. The Morgan fingerprint density at radius 1 is 1.37 bits per heavy atom. The SMILES string of the molecule is CC1(C2CC2)NC(=O)CN(c2cccc(Br)c2)C1=O. The lowest BCUT2D eigenvalue weighted by atomic mass is 9.91. The van der Waals surface area contributed by atoms with Crippen LogP contribution in [0.2, 0.25) is 0 Å². The van der Waals surface area contributed by atoms with Crippen LogP contribution < -0.4 is 10.2 Å². The van der Waals surface area contributed by atoms with Gasteiger partial charge in [-0.25, -0.2) is 0 Å². The van der Waals surface area contributed by atoms with Gasteiger partial charge in [-0.3, -0.25) is 9.59 Å². The van der Waals surface area contributed by atoms with Crippen molar-refractivity contribution in [1.82, 2.24) is 5.32 Å². The zero-order valence-corrected chi connectivity index (χ0v) is 12.2. The molecule has 2 fully saturated rings. The van der Waals surface area contributed by atoms with Gasteiger partial charge in [0.05, 0.1) is 0 Å². The molecule has 1 N–H and O–H groups in total. The summed E-state index contributed by atoms with van der Waals surface area (Å²) in [6.07, 6.45) is 2.02. The molecule has 2 aliphatic rings. The third-order valence-corrected chi connectivity index (χ3v) is 4.40. The average Bonchev–Trinajstić information content (AvgIpc) is 3.18. The van der Waals surface area contributed by atoms with Crippen LogP contribution in [0.1, 0.15) is 19.8 Å². The van der Waals surface area contributed by atoms with Crippen LogP contribution in [0, 0.1) is 5.92 Å². The lowest BCUT2D eigenvalue weighted by Gasteiger charge is -2.40. The van der Waals surface area contributed by atoms with E-state index in [0.29, 0.717) is 0 Å². The van der Waals surface area contributed by atoms with Crippen LogP contribution in [-0.2, 0) is 9.59 Å². The molecule has 2 amide bonds. The molecule has 3 rings (SSSR count). The number of anilines is 1. The van der Waals surface area contributed by atoms with E-state index in [1.807, 2.05) is 31.2 Å². The molecule has 1 aromatic rings. The average molecular weight is 323 g/mol. The number of halogens is 1. The number of hydrogen-bond acceptors (Lipinski definition) is 2. The van der Waals surface area contributed by atoms with Crippen LogP contribution in [-0.4, -0.2) is 23.9 Å². The molecule has 0 aromatic heterocycles. The highest BCUT2D eigenvalue weighted by Gasteiger charge is 2.52. The number of carbonyl (C=O) groups is 2. The molecular formula is C14H15BrN2O2. The number of carbonyl (C=O) groups excluding carboxylic acids is 2. The number of benzene rings is 1. The van der Waals surface area contributed by atoms with Gasteiger partial charge in [0.2, 0.25) is 5.91 Å². The summed E-state index contributed by atoms with van der Waals surface area (Å²) >= 11 is 3.40. The van der Waals surface area contributed by atoms with E-state index in [0.717, 1.165) is 23.0 Å². The summed E-state index contributed by atoms with van der Waals surface area (Å²) in [5.74, 6) is 0.181. The first-order valence-electron chi connectivity index (χ1n) is 6.39. The quantitative estimate of drug-likeness (QED) is 0.906. The maximum absolute atomic E-state index is 12.7. The Morgan fingerprint density at radius 2 is 2.11 bits per heavy atom. The molecule has 5 heteroatoms. The standard InChI is InChI=1S/C14H15BrN2O2/c1-14(9-5-6-9)13(19)17(8-12(18)16-14)11-4-2-3-10(15)7-11/h2-4,7,9H,5-6,8H2,1H3,(H,16,18). The largest absolute Gasteiger partial charge is 0.340 e. The Bertz CT molecular complexity index is 556. The fraction of sp³-hybridized carbons (Fsp3) is 0.429. The molecule has 19 heavy (non-hydrogen) atoms. The van der Waals surface area contributed by atoms with Gasteiger partial charge in [0.15, 0.2) is 0 Å². The number of rotatable bonds is 2. The highest BCUT2D eigenvalue weighted by atomic mass is 79.9. The van der Waals surface area contributed by atoms with Crippen molar-refractivity contribution in [2.24, 2.45) is 5.92 Å². The Hall–Kier alpha value is -1.36. The maximum Gasteiger partial charge on any atom is 0.253 e. The van der Waals surface area contributed by atoms with E-state index in [9.17, 15) is 9.59 Å². The second kappa shape index (κ2) is 4.34. The zero-order chi connectivity index (χ0) is 13.6. The van der Waals surface area contributed by atoms with E-state index in [2.05, 4.69) is 21.2 Å². The maximum atomic E-state index is 12.7. The number of hydrogen-bond donors (Lipinski definition) is 1. The summed E-state index contributed by atoms with van der Waals surface area (Å²) in [6, 6.07) is 7.49. The molecule has 1 heterocycles. The van der Waals surface area contributed by atoms with Crippen molar-refractivity contribution < 1.29 is 9.59 Å². The fourth-order valence-electron chi connectivity index (χ4n) is 2.67. The minimum absolute atomic E-state index is 0.00676. The van der Waals surface area contributed by atoms with Crippen molar-refractivity contribution in [3.63, 3.8) is 0 Å². The van der Waals surface area contributed by atoms with Crippen LogP contribution in [0.3, 0.4) is 0 Å². The molecule has 0 radical (unpaired) electrons. The predicted octanol–water partition coefficient (Wildman–Crippen LogP) is 2.08. The molecule has 1 atom stereocenters. The van der Waals surface area contributed by atoms with Gasteiger partial charge in [0.1, 0.15) is 12.1 Å². The van der Waals surface area contributed by atoms with Crippen LogP contribution in [0.5, 0.6) is 0 Å². The first-order valence-corrected chi connectivity index (χ1v) is 7.18. The first-order chi connectivity index (χ1) is 9.00. The van der Waals surface area contributed by atoms with Crippen molar-refractivity contribution >= 4 is 33.4 Å². The summed E-state index contributed by atoms with van der Waals surface area (Å²) in [6.45, 7) is 1.94. The zero-order valence-electron chi connectivity index (χ0n) is 10.6. The van der Waals surface area contributed by atoms with E-state index < -0.39 is 5.54 Å². The van der Waals surface area contributed by atoms with Gasteiger partial charge in [-0.05, 0) is 43.9 Å². The first kappa shape index (κ1) is 12.7. The van der Waals surface area contributed by atoms with Gasteiger partial charge in [-0.2, -0.15) is 0 Å². The van der Waals surface area contributed by atoms with Gasteiger partial charge in [0, 0.05) is 10.2 Å². The summed E-state index contributed by atoms with van der Waals surface area (Å²) in [7, 11) is 0. The number of nitrogens with zero attached hydrogens (tertiary/aromatic N) is 1. The lowest BCUT2D eigenvalue weighted by molar-refractivity contribution is -0.136. The molecule has 1 aromatic carbocycles. The number of amides is 2. The molecule has 100 valence electrons. The van der Waals surface area contributed by atoms with Crippen molar-refractivity contribution in [1.29, 1.82) is 0 Å². The van der Waals surface area contributed by atoms with Crippen molar-refractivity contribution in [3.8, 4) is 0 Å². The highest BCUT2D eigenvalue weighted by molar-refractivity contribution is 9.10. The van der Waals surface area contributed by atoms with Crippen LogP contribution in [0.15, 0.2) is 28.7 Å². The third-order valence-electron chi connectivity index (χ3n) is 3.90. The molecule has 0 bridgehead atoms. The van der Waals surface area contributed by atoms with Gasteiger partial charge in [-0.1, -0.05) is 22.0 Å². The van der Waals surface area contributed by atoms with Crippen LogP contribution in [0.4, 0.5) is 5.69 Å². The molecule has 1 saturated heterocycles. The summed E-state index contributed by atoms with van der Waals surface area (Å²) in [5.41, 5.74) is 0.0265. The Kier molecular flexibility index (Phi) is 2.89. The molecule has 0 spiro atoms. The van der Waals surface area contributed by atoms with Crippen LogP contribution in [0.25, 0.3) is 0 Å². The molecular weight excluding hydrogens is 308 g/mol. The molecule has 1 saturated carbocycles. The molecule has 4 nitrogen and oxygen atoms in total. The minimum atomic E-state index is -0.738. The van der Waals surface area contributed by atoms with Gasteiger partial charge in [0.25, 0.3) is 5.91 Å². The number of piperazine rings is 1. The summed E-state index contributed by atoms with van der Waals surface area (Å²) in [4.78, 5) is 26.2. The van der Waals surface area contributed by atoms with Crippen molar-refractivity contribution in [3.05, 3.63) is 28.7 Å². The van der Waals surface area contributed by atoms with Crippen molar-refractivity contribution in [2.45, 2.75) is 25.3 Å². The van der Waals surface area contributed by atoms with E-state index in [1.54, 1.807) is 4.90 Å². The topological polar surface area (TPSA) is 49.4 Å². The summed E-state index contributed by atoms with van der Waals surface area (Å²) in [5, 5.41) is 2.88. The number of nitrogens with one attached hydrogen (secondary N) is 1. The monoisotopic (exact) mass is 322 g/mol. The van der Waals surface area contributed by atoms with Gasteiger partial charge < -0.3 is 10.2 Å². The molecule has 1 unspecified atom stereocenters. The predicted molar refractivity (Wildman–Crippen MR) is 75.8 cm³/mol. The molecule has 1 aliphatic heterocycles. The highest BCUT2D eigenvalue weighted by Crippen LogP contribution is 2.42. The fourth-order valence-corrected chi connectivity index (χ4v) is 3.06. The van der Waals surface area contributed by atoms with E-state index in [4.69, 9.17) is 0 Å². The Morgan fingerprint density at radius 3 is 2.74 bits per heavy atom. The molecule has 1 aliphatic carbocycles.